The molecular formula is C23H20N4O7. The second kappa shape index (κ2) is 10.7. The lowest BCUT2D eigenvalue weighted by atomic mass is 10.1. The van der Waals surface area contributed by atoms with Gasteiger partial charge in [-0.05, 0) is 60.9 Å². The Morgan fingerprint density at radius 3 is 2.47 bits per heavy atom. The maximum Gasteiger partial charge on any atom is 0.318 e. The van der Waals surface area contributed by atoms with Crippen LogP contribution < -0.4 is 14.9 Å². The van der Waals surface area contributed by atoms with Gasteiger partial charge in [-0.25, -0.2) is 5.43 Å². The van der Waals surface area contributed by atoms with E-state index in [1.54, 1.807) is 24.3 Å². The van der Waals surface area contributed by atoms with Crippen molar-refractivity contribution in [1.82, 2.24) is 5.43 Å². The molecule has 0 unspecified atom stereocenters. The summed E-state index contributed by atoms with van der Waals surface area (Å²) >= 11 is 0. The average Bonchev–Trinajstić information content (AvgIpc) is 2.80. The molecule has 0 heterocycles. The van der Waals surface area contributed by atoms with E-state index in [0.717, 1.165) is 29.3 Å². The smallest absolute Gasteiger partial charge is 0.318 e. The molecule has 0 atom stereocenters. The Kier molecular flexibility index (Phi) is 7.49. The number of non-ortho nitro benzene ring substituents is 1. The van der Waals surface area contributed by atoms with Gasteiger partial charge in [0.25, 0.3) is 11.6 Å². The quantitative estimate of drug-likeness (QED) is 0.280. The van der Waals surface area contributed by atoms with Gasteiger partial charge in [-0.15, -0.1) is 0 Å². The van der Waals surface area contributed by atoms with E-state index in [1.165, 1.54) is 12.3 Å². The van der Waals surface area contributed by atoms with Crippen LogP contribution in [-0.4, -0.2) is 28.6 Å². The summed E-state index contributed by atoms with van der Waals surface area (Å²) in [5, 5.41) is 26.0. The van der Waals surface area contributed by atoms with Gasteiger partial charge in [0, 0.05) is 6.07 Å². The Bertz CT molecular complexity index is 1270. The van der Waals surface area contributed by atoms with Crippen molar-refractivity contribution in [2.45, 2.75) is 13.8 Å². The van der Waals surface area contributed by atoms with E-state index in [2.05, 4.69) is 10.5 Å². The number of nitrogens with zero attached hydrogens (tertiary/aromatic N) is 3. The minimum atomic E-state index is -0.761. The van der Waals surface area contributed by atoms with E-state index in [-0.39, 0.29) is 18.1 Å². The highest BCUT2D eigenvalue weighted by molar-refractivity contribution is 5.83. The van der Waals surface area contributed by atoms with E-state index in [1.807, 2.05) is 26.0 Å². The molecule has 34 heavy (non-hydrogen) atoms. The summed E-state index contributed by atoms with van der Waals surface area (Å²) in [6, 6.07) is 15.0. The number of hydrogen-bond acceptors (Lipinski definition) is 8. The van der Waals surface area contributed by atoms with Gasteiger partial charge in [0.2, 0.25) is 5.75 Å². The second-order valence-corrected chi connectivity index (χ2v) is 7.17. The normalized spacial score (nSPS) is 10.6. The van der Waals surface area contributed by atoms with Gasteiger partial charge < -0.3 is 9.47 Å². The summed E-state index contributed by atoms with van der Waals surface area (Å²) in [6.45, 7) is 3.71. The van der Waals surface area contributed by atoms with Crippen LogP contribution in [0, 0.1) is 34.1 Å². The average molecular weight is 464 g/mol. The number of aryl methyl sites for hydroxylation is 2. The fourth-order valence-electron chi connectivity index (χ4n) is 2.80. The maximum atomic E-state index is 12.0. The topological polar surface area (TPSA) is 146 Å². The number of nitrogens with one attached hydrogen (secondary N) is 1. The predicted molar refractivity (Wildman–Crippen MR) is 123 cm³/mol. The van der Waals surface area contributed by atoms with Gasteiger partial charge in [-0.2, -0.15) is 5.10 Å². The molecule has 0 saturated heterocycles. The number of hydrogen-bond donors (Lipinski definition) is 1. The Labute approximate surface area is 193 Å². The van der Waals surface area contributed by atoms with Gasteiger partial charge in [0.05, 0.1) is 22.1 Å². The highest BCUT2D eigenvalue weighted by Crippen LogP contribution is 2.34. The Morgan fingerprint density at radius 1 is 0.971 bits per heavy atom. The number of nitro groups is 2. The third-order valence-corrected chi connectivity index (χ3v) is 4.69. The fraction of sp³-hybridized carbons (Fsp3) is 0.130. The zero-order valence-corrected chi connectivity index (χ0v) is 18.3. The van der Waals surface area contributed by atoms with Crippen LogP contribution in [0.1, 0.15) is 16.7 Å². The molecule has 1 N–H and O–H groups in total. The largest absolute Gasteiger partial charge is 0.484 e. The number of carbonyl (C=O) groups is 1. The second-order valence-electron chi connectivity index (χ2n) is 7.17. The molecule has 0 aliphatic carbocycles. The van der Waals surface area contributed by atoms with Crippen LogP contribution >= 0.6 is 0 Å². The van der Waals surface area contributed by atoms with Crippen molar-refractivity contribution in [3.63, 3.8) is 0 Å². The Hall–Kier alpha value is -4.80. The first-order chi connectivity index (χ1) is 16.2. The summed E-state index contributed by atoms with van der Waals surface area (Å²) in [5.41, 5.74) is 4.11. The minimum Gasteiger partial charge on any atom is -0.484 e. The van der Waals surface area contributed by atoms with E-state index < -0.39 is 27.1 Å². The lowest BCUT2D eigenvalue weighted by molar-refractivity contribution is -0.394. The molecule has 11 heteroatoms. The van der Waals surface area contributed by atoms with Gasteiger partial charge in [0.1, 0.15) is 11.5 Å². The molecule has 0 aliphatic rings. The third kappa shape index (κ3) is 6.36. The lowest BCUT2D eigenvalue weighted by Gasteiger charge is -2.07. The van der Waals surface area contributed by atoms with E-state index >= 15 is 0 Å². The minimum absolute atomic E-state index is 0.151. The van der Waals surface area contributed by atoms with Crippen molar-refractivity contribution >= 4 is 23.5 Å². The number of benzene rings is 3. The van der Waals surface area contributed by atoms with Crippen molar-refractivity contribution in [3.8, 4) is 17.2 Å². The summed E-state index contributed by atoms with van der Waals surface area (Å²) < 4.78 is 11.0. The molecule has 0 aromatic heterocycles. The van der Waals surface area contributed by atoms with Crippen molar-refractivity contribution in [1.29, 1.82) is 0 Å². The first-order valence-electron chi connectivity index (χ1n) is 9.95. The van der Waals surface area contributed by atoms with E-state index in [4.69, 9.17) is 9.47 Å². The summed E-state index contributed by atoms with van der Waals surface area (Å²) in [5.74, 6) is 0.211. The third-order valence-electron chi connectivity index (χ3n) is 4.69. The number of amides is 1. The van der Waals surface area contributed by atoms with Crippen molar-refractivity contribution < 1.29 is 24.1 Å². The molecule has 3 aromatic carbocycles. The molecule has 11 nitrogen and oxygen atoms in total. The van der Waals surface area contributed by atoms with Crippen LogP contribution in [0.15, 0.2) is 65.8 Å². The van der Waals surface area contributed by atoms with Crippen LogP contribution in [0.5, 0.6) is 17.2 Å². The highest BCUT2D eigenvalue weighted by Gasteiger charge is 2.21. The molecule has 1 amide bonds. The van der Waals surface area contributed by atoms with E-state index in [0.29, 0.717) is 11.3 Å². The lowest BCUT2D eigenvalue weighted by Crippen LogP contribution is -2.24. The molecule has 0 aliphatic heterocycles. The molecule has 0 bridgehead atoms. The molecule has 3 aromatic rings. The molecule has 3 rings (SSSR count). The molecule has 0 spiro atoms. The number of hydrazone groups is 1. The first-order valence-corrected chi connectivity index (χ1v) is 9.95. The van der Waals surface area contributed by atoms with Crippen LogP contribution in [0.2, 0.25) is 0 Å². The molecule has 0 saturated carbocycles. The number of ether oxygens (including phenoxy) is 2. The van der Waals surface area contributed by atoms with Crippen LogP contribution in [0.3, 0.4) is 0 Å². The molecule has 0 fully saturated rings. The predicted octanol–water partition coefficient (Wildman–Crippen LogP) is 4.44. The van der Waals surface area contributed by atoms with Crippen molar-refractivity contribution in [2.75, 3.05) is 6.61 Å². The van der Waals surface area contributed by atoms with Gasteiger partial charge in [-0.3, -0.25) is 25.0 Å². The monoisotopic (exact) mass is 464 g/mol. The van der Waals surface area contributed by atoms with Crippen LogP contribution in [0.4, 0.5) is 11.4 Å². The summed E-state index contributed by atoms with van der Waals surface area (Å²) in [7, 11) is 0. The Morgan fingerprint density at radius 2 is 1.76 bits per heavy atom. The van der Waals surface area contributed by atoms with E-state index in [9.17, 15) is 25.0 Å². The highest BCUT2D eigenvalue weighted by atomic mass is 16.6. The van der Waals surface area contributed by atoms with Crippen molar-refractivity contribution in [2.24, 2.45) is 5.10 Å². The fourth-order valence-corrected chi connectivity index (χ4v) is 2.80. The van der Waals surface area contributed by atoms with Gasteiger partial charge in [-0.1, -0.05) is 18.2 Å². The van der Waals surface area contributed by atoms with Crippen LogP contribution in [-0.2, 0) is 4.79 Å². The Balaban J connectivity index is 1.61. The SMILES string of the molecule is Cc1ccc(OCC(=O)NN=Cc2cccc(Oc3ccc([N+](=O)[O-])cc3[N+](=O)[O-])c2)cc1C. The first kappa shape index (κ1) is 23.9. The zero-order chi connectivity index (χ0) is 24.7. The summed E-state index contributed by atoms with van der Waals surface area (Å²) in [4.78, 5) is 32.6. The van der Waals surface area contributed by atoms with Crippen LogP contribution in [0.25, 0.3) is 0 Å². The van der Waals surface area contributed by atoms with Crippen molar-refractivity contribution in [3.05, 3.63) is 97.6 Å². The number of rotatable bonds is 9. The van der Waals surface area contributed by atoms with Gasteiger partial charge >= 0.3 is 5.69 Å². The zero-order valence-electron chi connectivity index (χ0n) is 18.3. The molecular weight excluding hydrogens is 444 g/mol. The molecule has 0 radical (unpaired) electrons. The summed E-state index contributed by atoms with van der Waals surface area (Å²) in [6.07, 6.45) is 1.37. The standard InChI is InChI=1S/C23H20N4O7/c1-15-6-8-19(10-16(15)2)33-14-23(28)25-24-13-17-4-3-5-20(11-17)34-22-9-7-18(26(29)30)12-21(22)27(31)32/h3-13H,14H2,1-2H3,(H,25,28). The number of nitro benzene ring substituents is 2. The maximum absolute atomic E-state index is 12.0. The molecule has 174 valence electrons. The number of carbonyl (C=O) groups excluding carboxylic acids is 1. The van der Waals surface area contributed by atoms with Gasteiger partial charge in [0.15, 0.2) is 6.61 Å².